The number of carbonyl (C=O) groups excluding carboxylic acids is 1. The van der Waals surface area contributed by atoms with E-state index >= 15 is 0 Å². The van der Waals surface area contributed by atoms with Gasteiger partial charge in [0, 0.05) is 19.4 Å². The Bertz CT molecular complexity index is 244. The number of nitrogens with one attached hydrogen (secondary N) is 1. The van der Waals surface area contributed by atoms with Crippen molar-refractivity contribution >= 4 is 11.9 Å². The predicted molar refractivity (Wildman–Crippen MR) is 66.5 cm³/mol. The monoisotopic (exact) mass is 244 g/mol. The first-order valence-corrected chi connectivity index (χ1v) is 6.14. The van der Waals surface area contributed by atoms with Crippen molar-refractivity contribution in [2.45, 2.75) is 39.5 Å². The summed E-state index contributed by atoms with van der Waals surface area (Å²) in [6.45, 7) is 5.06. The van der Waals surface area contributed by atoms with Crippen molar-refractivity contribution in [3.05, 3.63) is 0 Å². The van der Waals surface area contributed by atoms with Gasteiger partial charge < -0.3 is 16.2 Å². The molecule has 0 heterocycles. The number of aliphatic carboxylic acids is 1. The lowest BCUT2D eigenvalue weighted by Crippen LogP contribution is -2.28. The molecule has 1 amide bonds. The molecule has 0 aliphatic carbocycles. The molecule has 0 aromatic rings. The van der Waals surface area contributed by atoms with Crippen LogP contribution in [0.2, 0.25) is 0 Å². The third-order valence-corrected chi connectivity index (χ3v) is 2.75. The van der Waals surface area contributed by atoms with E-state index in [9.17, 15) is 9.59 Å². The first-order chi connectivity index (χ1) is 7.95. The first-order valence-electron chi connectivity index (χ1n) is 6.14. The normalized spacial score (nSPS) is 14.1. The van der Waals surface area contributed by atoms with E-state index in [2.05, 4.69) is 5.32 Å². The Morgan fingerprint density at radius 2 is 1.88 bits per heavy atom. The molecule has 0 aromatic carbocycles. The highest BCUT2D eigenvalue weighted by atomic mass is 16.4. The second-order valence-corrected chi connectivity index (χ2v) is 4.72. The lowest BCUT2D eigenvalue weighted by atomic mass is 10.0. The minimum Gasteiger partial charge on any atom is -0.481 e. The summed E-state index contributed by atoms with van der Waals surface area (Å²) in [7, 11) is 0. The molecule has 0 rings (SSSR count). The Hall–Kier alpha value is -1.10. The number of carboxylic acid groups (broad SMARTS) is 1. The zero-order valence-electron chi connectivity index (χ0n) is 10.7. The van der Waals surface area contributed by atoms with Crippen LogP contribution in [0.5, 0.6) is 0 Å². The molecule has 2 atom stereocenters. The highest BCUT2D eigenvalue weighted by Gasteiger charge is 2.08. The average molecular weight is 244 g/mol. The smallest absolute Gasteiger partial charge is 0.303 e. The quantitative estimate of drug-likeness (QED) is 0.563. The molecule has 0 saturated carbocycles. The molecule has 4 N–H and O–H groups in total. The van der Waals surface area contributed by atoms with Gasteiger partial charge in [-0.25, -0.2) is 0 Å². The fraction of sp³-hybridized carbons (Fsp3) is 0.833. The van der Waals surface area contributed by atoms with Gasteiger partial charge in [-0.15, -0.1) is 0 Å². The van der Waals surface area contributed by atoms with Crippen LogP contribution in [0.4, 0.5) is 0 Å². The summed E-state index contributed by atoms with van der Waals surface area (Å²) in [5, 5.41) is 11.3. The standard InChI is InChI=1S/C12H24N2O3/c1-9(3-4-12(16)17)5-6-14-11(15)7-10(2)8-13/h9-10H,3-8,13H2,1-2H3,(H,14,15)(H,16,17). The predicted octanol–water partition coefficient (Wildman–Crippen LogP) is 0.979. The van der Waals surface area contributed by atoms with Crippen LogP contribution >= 0.6 is 0 Å². The Morgan fingerprint density at radius 1 is 1.24 bits per heavy atom. The van der Waals surface area contributed by atoms with Crippen molar-refractivity contribution < 1.29 is 14.7 Å². The van der Waals surface area contributed by atoms with E-state index in [4.69, 9.17) is 10.8 Å². The van der Waals surface area contributed by atoms with Crippen LogP contribution in [0.3, 0.4) is 0 Å². The van der Waals surface area contributed by atoms with Crippen LogP contribution in [-0.4, -0.2) is 30.1 Å². The highest BCUT2D eigenvalue weighted by Crippen LogP contribution is 2.09. The van der Waals surface area contributed by atoms with Gasteiger partial charge in [0.2, 0.25) is 5.91 Å². The third kappa shape index (κ3) is 9.81. The molecular formula is C12H24N2O3. The number of nitrogens with two attached hydrogens (primary N) is 1. The largest absolute Gasteiger partial charge is 0.481 e. The molecule has 0 aliphatic heterocycles. The number of hydrogen-bond donors (Lipinski definition) is 3. The maximum Gasteiger partial charge on any atom is 0.303 e. The molecule has 5 nitrogen and oxygen atoms in total. The number of amides is 1. The van der Waals surface area contributed by atoms with Crippen LogP contribution < -0.4 is 11.1 Å². The van der Waals surface area contributed by atoms with Gasteiger partial charge in [0.15, 0.2) is 0 Å². The summed E-state index contributed by atoms with van der Waals surface area (Å²) in [6, 6.07) is 0. The maximum absolute atomic E-state index is 11.4. The van der Waals surface area contributed by atoms with Crippen LogP contribution in [0, 0.1) is 11.8 Å². The molecule has 0 radical (unpaired) electrons. The molecule has 100 valence electrons. The lowest BCUT2D eigenvalue weighted by Gasteiger charge is -2.12. The molecule has 5 heteroatoms. The van der Waals surface area contributed by atoms with Gasteiger partial charge in [0.1, 0.15) is 0 Å². The maximum atomic E-state index is 11.4. The van der Waals surface area contributed by atoms with Crippen LogP contribution in [-0.2, 0) is 9.59 Å². The molecule has 0 aliphatic rings. The van der Waals surface area contributed by atoms with E-state index in [1.165, 1.54) is 0 Å². The molecular weight excluding hydrogens is 220 g/mol. The van der Waals surface area contributed by atoms with Gasteiger partial charge in [0.25, 0.3) is 0 Å². The van der Waals surface area contributed by atoms with E-state index in [0.29, 0.717) is 31.8 Å². The molecule has 0 fully saturated rings. The third-order valence-electron chi connectivity index (χ3n) is 2.75. The zero-order chi connectivity index (χ0) is 13.3. The van der Waals surface area contributed by atoms with Gasteiger partial charge >= 0.3 is 5.97 Å². The van der Waals surface area contributed by atoms with E-state index in [1.54, 1.807) is 0 Å². The summed E-state index contributed by atoms with van der Waals surface area (Å²) in [4.78, 5) is 21.8. The molecule has 0 spiro atoms. The highest BCUT2D eigenvalue weighted by molar-refractivity contribution is 5.76. The molecule has 17 heavy (non-hydrogen) atoms. The molecule has 0 saturated heterocycles. The van der Waals surface area contributed by atoms with E-state index in [1.807, 2.05) is 13.8 Å². The fourth-order valence-electron chi connectivity index (χ4n) is 1.44. The van der Waals surface area contributed by atoms with Gasteiger partial charge in [-0.2, -0.15) is 0 Å². The van der Waals surface area contributed by atoms with Crippen molar-refractivity contribution in [1.82, 2.24) is 5.32 Å². The molecule has 0 aromatic heterocycles. The van der Waals surface area contributed by atoms with E-state index in [0.717, 1.165) is 6.42 Å². The summed E-state index contributed by atoms with van der Waals surface area (Å²) in [5.41, 5.74) is 5.43. The molecule has 2 unspecified atom stereocenters. The fourth-order valence-corrected chi connectivity index (χ4v) is 1.44. The van der Waals surface area contributed by atoms with Crippen molar-refractivity contribution in [3.63, 3.8) is 0 Å². The molecule has 0 bridgehead atoms. The number of carboxylic acids is 1. The second kappa shape index (κ2) is 8.98. The van der Waals surface area contributed by atoms with Gasteiger partial charge in [-0.05, 0) is 31.2 Å². The van der Waals surface area contributed by atoms with Crippen molar-refractivity contribution in [2.24, 2.45) is 17.6 Å². The number of rotatable bonds is 9. The van der Waals surface area contributed by atoms with Crippen molar-refractivity contribution in [3.8, 4) is 0 Å². The number of carbonyl (C=O) groups is 2. The Labute approximate surface area is 103 Å². The second-order valence-electron chi connectivity index (χ2n) is 4.72. The van der Waals surface area contributed by atoms with Crippen LogP contribution in [0.25, 0.3) is 0 Å². The van der Waals surface area contributed by atoms with E-state index < -0.39 is 5.97 Å². The van der Waals surface area contributed by atoms with Gasteiger partial charge in [-0.1, -0.05) is 13.8 Å². The summed E-state index contributed by atoms with van der Waals surface area (Å²) in [5.74, 6) is -0.219. The average Bonchev–Trinajstić information content (AvgIpc) is 2.26. The minimum atomic E-state index is -0.766. The van der Waals surface area contributed by atoms with Crippen molar-refractivity contribution in [1.29, 1.82) is 0 Å². The van der Waals surface area contributed by atoms with E-state index in [-0.39, 0.29) is 18.2 Å². The summed E-state index contributed by atoms with van der Waals surface area (Å²) >= 11 is 0. The zero-order valence-corrected chi connectivity index (χ0v) is 10.7. The lowest BCUT2D eigenvalue weighted by molar-refractivity contribution is -0.137. The Balaban J connectivity index is 3.55. The van der Waals surface area contributed by atoms with Gasteiger partial charge in [-0.3, -0.25) is 9.59 Å². The topological polar surface area (TPSA) is 92.4 Å². The number of hydrogen-bond acceptors (Lipinski definition) is 3. The minimum absolute atomic E-state index is 0.0217. The van der Waals surface area contributed by atoms with Crippen molar-refractivity contribution in [2.75, 3.05) is 13.1 Å². The van der Waals surface area contributed by atoms with Gasteiger partial charge in [0.05, 0.1) is 0 Å². The van der Waals surface area contributed by atoms with Crippen LogP contribution in [0.1, 0.15) is 39.5 Å². The first kappa shape index (κ1) is 15.9. The summed E-state index contributed by atoms with van der Waals surface area (Å²) in [6.07, 6.45) is 2.12. The summed E-state index contributed by atoms with van der Waals surface area (Å²) < 4.78 is 0. The SMILES string of the molecule is CC(CCNC(=O)CC(C)CN)CCC(=O)O. The Morgan fingerprint density at radius 3 is 2.41 bits per heavy atom. The van der Waals surface area contributed by atoms with Crippen LogP contribution in [0.15, 0.2) is 0 Å². The Kier molecular flexibility index (Phi) is 8.40.